The minimum absolute atomic E-state index is 0.0361. The van der Waals surface area contributed by atoms with Gasteiger partial charge in [0.2, 0.25) is 0 Å². The van der Waals surface area contributed by atoms with Gasteiger partial charge in [-0.05, 0) is 5.87 Å². The van der Waals surface area contributed by atoms with E-state index >= 15 is 0 Å². The molecular formula is C10H4N6O2. The van der Waals surface area contributed by atoms with Crippen molar-refractivity contribution in [3.05, 3.63) is 33.0 Å². The van der Waals surface area contributed by atoms with Crippen molar-refractivity contribution in [2.24, 2.45) is 9.98 Å². The number of aromatic amines is 1. The van der Waals surface area contributed by atoms with Gasteiger partial charge in [-0.2, -0.15) is 10.3 Å². The van der Waals surface area contributed by atoms with Crippen LogP contribution in [0, 0.1) is 16.7 Å². The maximum absolute atomic E-state index is 11.6. The van der Waals surface area contributed by atoms with Gasteiger partial charge in [-0.25, -0.2) is 9.98 Å². The largest absolute Gasteiger partial charge is 0.305 e. The molecule has 0 radical (unpaired) electrons. The number of hydrogen-bond donors (Lipinski definition) is 2. The highest BCUT2D eigenvalue weighted by Gasteiger charge is 2.17. The molecule has 0 fully saturated rings. The standard InChI is InChI=1S/C10H4N6O2/c11-3-1-5-13-7-8(9(17)15-5)14-6(2-4-12)16-10(7)18/h1-2,11H,(H,16,18). The molecule has 8 heteroatoms. The Labute approximate surface area is 98.9 Å². The highest BCUT2D eigenvalue weighted by atomic mass is 16.2. The molecule has 0 aliphatic carbocycles. The van der Waals surface area contributed by atoms with Crippen LogP contribution in [0.4, 0.5) is 0 Å². The Hall–Kier alpha value is -3.17. The number of aliphatic imine (C=N–C) groups is 1. The summed E-state index contributed by atoms with van der Waals surface area (Å²) in [5.74, 6) is 1.07. The number of aromatic nitrogens is 2. The van der Waals surface area contributed by atoms with Gasteiger partial charge in [0.1, 0.15) is 5.48 Å². The molecule has 1 aliphatic heterocycles. The fourth-order valence-corrected chi connectivity index (χ4v) is 1.29. The molecule has 1 amide bonds. The lowest BCUT2D eigenvalue weighted by molar-refractivity contribution is 0.0994. The van der Waals surface area contributed by atoms with Gasteiger partial charge in [0, 0.05) is 6.08 Å². The molecule has 0 spiro atoms. The van der Waals surface area contributed by atoms with Crippen molar-refractivity contribution in [2.75, 3.05) is 0 Å². The summed E-state index contributed by atoms with van der Waals surface area (Å²) in [6.07, 6.45) is 2.04. The zero-order valence-electron chi connectivity index (χ0n) is 8.76. The van der Waals surface area contributed by atoms with E-state index in [-0.39, 0.29) is 22.4 Å². The Morgan fingerprint density at radius 1 is 1.33 bits per heavy atom. The number of nitrogens with one attached hydrogen (secondary N) is 2. The van der Waals surface area contributed by atoms with Crippen LogP contribution in [0.5, 0.6) is 0 Å². The number of nitriles is 1. The van der Waals surface area contributed by atoms with E-state index in [1.54, 1.807) is 6.07 Å². The number of amides is 1. The van der Waals surface area contributed by atoms with E-state index in [0.29, 0.717) is 0 Å². The molecular weight excluding hydrogens is 236 g/mol. The Kier molecular flexibility index (Phi) is 2.75. The molecule has 0 unspecified atom stereocenters. The molecule has 2 heterocycles. The van der Waals surface area contributed by atoms with Gasteiger partial charge in [-0.15, -0.1) is 0 Å². The van der Waals surface area contributed by atoms with Gasteiger partial charge < -0.3 is 4.98 Å². The second-order valence-electron chi connectivity index (χ2n) is 3.10. The van der Waals surface area contributed by atoms with Crippen LogP contribution in [0.25, 0.3) is 6.08 Å². The molecule has 86 valence electrons. The van der Waals surface area contributed by atoms with Crippen LogP contribution >= 0.6 is 0 Å². The Bertz CT molecular complexity index is 833. The quantitative estimate of drug-likeness (QED) is 0.551. The van der Waals surface area contributed by atoms with E-state index in [4.69, 9.17) is 10.7 Å². The maximum Gasteiger partial charge on any atom is 0.300 e. The molecule has 8 nitrogen and oxygen atoms in total. The minimum atomic E-state index is -0.750. The van der Waals surface area contributed by atoms with Crippen LogP contribution in [-0.2, 0) is 0 Å². The van der Waals surface area contributed by atoms with Crippen molar-refractivity contribution in [1.29, 1.82) is 10.7 Å². The van der Waals surface area contributed by atoms with Gasteiger partial charge in [0.15, 0.2) is 16.9 Å². The Morgan fingerprint density at radius 3 is 2.78 bits per heavy atom. The van der Waals surface area contributed by atoms with Crippen LogP contribution in [0.1, 0.15) is 10.5 Å². The van der Waals surface area contributed by atoms with E-state index in [9.17, 15) is 9.59 Å². The van der Waals surface area contributed by atoms with Crippen LogP contribution in [0.2, 0.25) is 0 Å². The van der Waals surface area contributed by atoms with Crippen molar-refractivity contribution in [1.82, 2.24) is 9.97 Å². The lowest BCUT2D eigenvalue weighted by Crippen LogP contribution is -2.43. The van der Waals surface area contributed by atoms with Crippen molar-refractivity contribution >= 4 is 23.7 Å². The van der Waals surface area contributed by atoms with Gasteiger partial charge >= 0.3 is 0 Å². The average Bonchev–Trinajstić information content (AvgIpc) is 2.32. The molecule has 0 saturated carbocycles. The first-order chi connectivity index (χ1) is 8.65. The fourth-order valence-electron chi connectivity index (χ4n) is 1.29. The van der Waals surface area contributed by atoms with Crippen LogP contribution in [-0.4, -0.2) is 27.6 Å². The zero-order chi connectivity index (χ0) is 13.1. The number of nitrogens with zero attached hydrogens (tertiary/aromatic N) is 4. The molecule has 0 saturated heterocycles. The predicted octanol–water partition coefficient (Wildman–Crippen LogP) is -1.95. The van der Waals surface area contributed by atoms with Crippen LogP contribution in [0.3, 0.4) is 0 Å². The van der Waals surface area contributed by atoms with Crippen molar-refractivity contribution in [2.45, 2.75) is 0 Å². The average molecular weight is 240 g/mol. The van der Waals surface area contributed by atoms with Crippen molar-refractivity contribution in [3.63, 3.8) is 0 Å². The molecule has 0 atom stereocenters. The number of rotatable bonds is 1. The Morgan fingerprint density at radius 2 is 2.11 bits per heavy atom. The van der Waals surface area contributed by atoms with Gasteiger partial charge in [-0.3, -0.25) is 15.0 Å². The third-order valence-corrected chi connectivity index (χ3v) is 1.96. The topological polar surface area (TPSA) is 135 Å². The maximum atomic E-state index is 11.6. The summed E-state index contributed by atoms with van der Waals surface area (Å²) < 4.78 is 0. The third kappa shape index (κ3) is 1.89. The normalized spacial score (nSPS) is 13.8. The van der Waals surface area contributed by atoms with E-state index < -0.39 is 11.5 Å². The fraction of sp³-hybridized carbons (Fsp3) is 0. The van der Waals surface area contributed by atoms with Gasteiger partial charge in [0.05, 0.1) is 12.1 Å². The molecule has 2 rings (SSSR count). The molecule has 0 bridgehead atoms. The summed E-state index contributed by atoms with van der Waals surface area (Å²) in [5, 5.41) is 15.0. The number of carbonyl (C=O) groups is 1. The second kappa shape index (κ2) is 4.37. The van der Waals surface area contributed by atoms with Gasteiger partial charge in [-0.1, -0.05) is 0 Å². The summed E-state index contributed by atoms with van der Waals surface area (Å²) in [6.45, 7) is 0. The smallest absolute Gasteiger partial charge is 0.300 e. The number of carbonyl (C=O) groups excluding carboxylic acids is 1. The molecule has 1 aromatic heterocycles. The second-order valence-corrected chi connectivity index (χ2v) is 3.10. The van der Waals surface area contributed by atoms with Crippen LogP contribution < -0.4 is 16.4 Å². The summed E-state index contributed by atoms with van der Waals surface area (Å²) >= 11 is 0. The zero-order valence-corrected chi connectivity index (χ0v) is 8.76. The van der Waals surface area contributed by atoms with E-state index in [1.807, 2.05) is 5.87 Å². The molecule has 1 aliphatic rings. The number of hydrogen-bond acceptors (Lipinski definition) is 6. The molecule has 2 N–H and O–H groups in total. The summed E-state index contributed by atoms with van der Waals surface area (Å²) in [5.41, 5.74) is -0.908. The first-order valence-electron chi connectivity index (χ1n) is 4.63. The third-order valence-electron chi connectivity index (χ3n) is 1.96. The summed E-state index contributed by atoms with van der Waals surface area (Å²) in [4.78, 5) is 36.6. The van der Waals surface area contributed by atoms with E-state index in [1.165, 1.54) is 0 Å². The van der Waals surface area contributed by atoms with Crippen molar-refractivity contribution in [3.8, 4) is 6.07 Å². The van der Waals surface area contributed by atoms with E-state index in [2.05, 4.69) is 20.0 Å². The first kappa shape index (κ1) is 11.3. The van der Waals surface area contributed by atoms with Crippen LogP contribution in [0.15, 0.2) is 20.9 Å². The monoisotopic (exact) mass is 240 g/mol. The Balaban J connectivity index is 2.84. The highest BCUT2D eigenvalue weighted by Crippen LogP contribution is 1.94. The number of amidine groups is 1. The number of fused-ring (bicyclic) bond motifs is 1. The summed E-state index contributed by atoms with van der Waals surface area (Å²) in [6, 6.07) is 1.69. The number of H-pyrrole nitrogens is 1. The lowest BCUT2D eigenvalue weighted by atomic mass is 10.3. The van der Waals surface area contributed by atoms with E-state index in [0.717, 1.165) is 12.2 Å². The van der Waals surface area contributed by atoms with Gasteiger partial charge in [0.25, 0.3) is 11.5 Å². The lowest BCUT2D eigenvalue weighted by Gasteiger charge is -2.01. The highest BCUT2D eigenvalue weighted by molar-refractivity contribution is 6.10. The predicted molar refractivity (Wildman–Crippen MR) is 59.8 cm³/mol. The summed E-state index contributed by atoms with van der Waals surface area (Å²) in [7, 11) is 0. The molecule has 1 aromatic rings. The first-order valence-corrected chi connectivity index (χ1v) is 4.63. The molecule has 0 aromatic carbocycles. The molecule has 18 heavy (non-hydrogen) atoms. The SMILES string of the molecule is N#CC=c1nc2c(c(=O)[nH]1)=NC(C=C=N)=NC2=O. The van der Waals surface area contributed by atoms with Crippen molar-refractivity contribution < 1.29 is 4.79 Å². The minimum Gasteiger partial charge on any atom is -0.305 e.